The number of para-hydroxylation sites is 1. The van der Waals surface area contributed by atoms with Crippen LogP contribution in [0.5, 0.6) is 11.5 Å². The number of carbonyl (C=O) groups excluding carboxylic acids is 1. The molecule has 0 spiro atoms. The van der Waals surface area contributed by atoms with E-state index in [-0.39, 0.29) is 12.0 Å². The molecule has 1 fully saturated rings. The molecule has 2 aliphatic rings. The molecular formula is C16H20N2O4S. The van der Waals surface area contributed by atoms with Crippen LogP contribution in [0.15, 0.2) is 18.2 Å². The van der Waals surface area contributed by atoms with Crippen LogP contribution in [0.3, 0.4) is 0 Å². The van der Waals surface area contributed by atoms with E-state index in [0.29, 0.717) is 23.2 Å². The van der Waals surface area contributed by atoms with Crippen LogP contribution in [0.4, 0.5) is 0 Å². The highest BCUT2D eigenvalue weighted by Crippen LogP contribution is 2.51. The van der Waals surface area contributed by atoms with Crippen LogP contribution in [0, 0.1) is 5.92 Å². The predicted octanol–water partition coefficient (Wildman–Crippen LogP) is 1.84. The number of fused-ring (bicyclic) bond motifs is 4. The van der Waals surface area contributed by atoms with Gasteiger partial charge in [-0.3, -0.25) is 4.79 Å². The van der Waals surface area contributed by atoms with Gasteiger partial charge in [-0.15, -0.1) is 0 Å². The second-order valence-corrected chi connectivity index (χ2v) is 6.09. The number of carbonyl (C=O) groups is 1. The van der Waals surface area contributed by atoms with Crippen molar-refractivity contribution in [2.75, 3.05) is 20.8 Å². The van der Waals surface area contributed by atoms with Crippen LogP contribution >= 0.6 is 12.2 Å². The summed E-state index contributed by atoms with van der Waals surface area (Å²) in [6.45, 7) is 4.44. The van der Waals surface area contributed by atoms with E-state index >= 15 is 0 Å². The summed E-state index contributed by atoms with van der Waals surface area (Å²) in [4.78, 5) is 14.3. The fraction of sp³-hybridized carbons (Fsp3) is 0.500. The normalized spacial score (nSPS) is 28.3. The van der Waals surface area contributed by atoms with E-state index in [1.54, 1.807) is 7.11 Å². The molecule has 7 heteroatoms. The number of thiocarbonyl (C=S) groups is 1. The maximum atomic E-state index is 12.5. The third-order valence-electron chi connectivity index (χ3n) is 4.61. The van der Waals surface area contributed by atoms with E-state index in [0.717, 1.165) is 5.56 Å². The quantitative estimate of drug-likeness (QED) is 0.667. The van der Waals surface area contributed by atoms with Gasteiger partial charge >= 0.3 is 5.97 Å². The molecule has 124 valence electrons. The first-order valence-corrected chi connectivity index (χ1v) is 7.90. The van der Waals surface area contributed by atoms with Crippen molar-refractivity contribution in [3.8, 4) is 11.5 Å². The highest BCUT2D eigenvalue weighted by atomic mass is 32.1. The average molecular weight is 336 g/mol. The summed E-state index contributed by atoms with van der Waals surface area (Å²) in [5.41, 5.74) is -0.0912. The number of hydrogen-bond acceptors (Lipinski definition) is 5. The molecule has 2 heterocycles. The van der Waals surface area contributed by atoms with Crippen LogP contribution in [0.25, 0.3) is 0 Å². The van der Waals surface area contributed by atoms with Crippen molar-refractivity contribution < 1.29 is 19.0 Å². The van der Waals surface area contributed by atoms with Crippen molar-refractivity contribution in [1.82, 2.24) is 10.2 Å². The average Bonchev–Trinajstić information content (AvgIpc) is 2.53. The first-order valence-electron chi connectivity index (χ1n) is 7.49. The van der Waals surface area contributed by atoms with Crippen LogP contribution in [-0.4, -0.2) is 42.5 Å². The van der Waals surface area contributed by atoms with Crippen LogP contribution in [-0.2, 0) is 9.53 Å². The molecule has 1 N–H and O–H groups in total. The van der Waals surface area contributed by atoms with Crippen molar-refractivity contribution in [1.29, 1.82) is 0 Å². The Bertz CT molecular complexity index is 665. The summed E-state index contributed by atoms with van der Waals surface area (Å²) in [6, 6.07) is 5.30. The smallest absolute Gasteiger partial charge is 0.317 e. The Morgan fingerprint density at radius 2 is 2.22 bits per heavy atom. The van der Waals surface area contributed by atoms with E-state index < -0.39 is 11.6 Å². The SMILES string of the molecule is CCN1C(=S)N[C@H]2c3cccc(OC)c3O[C@@]1(C)[C@@H]2C(=O)OC. The Hall–Kier alpha value is -2.02. The molecule has 23 heavy (non-hydrogen) atoms. The van der Waals surface area contributed by atoms with Crippen molar-refractivity contribution in [3.05, 3.63) is 23.8 Å². The summed E-state index contributed by atoms with van der Waals surface area (Å²) in [5, 5.41) is 3.83. The number of ether oxygens (including phenoxy) is 3. The van der Waals surface area contributed by atoms with Gasteiger partial charge in [-0.1, -0.05) is 12.1 Å². The summed E-state index contributed by atoms with van der Waals surface area (Å²) in [5.74, 6) is 0.391. The Morgan fingerprint density at radius 3 is 2.83 bits per heavy atom. The van der Waals surface area contributed by atoms with Gasteiger partial charge in [0.2, 0.25) is 0 Å². The van der Waals surface area contributed by atoms with Crippen LogP contribution < -0.4 is 14.8 Å². The molecule has 3 atom stereocenters. The molecule has 0 amide bonds. The van der Waals surface area contributed by atoms with Gasteiger partial charge in [-0.05, 0) is 32.1 Å². The number of nitrogens with one attached hydrogen (secondary N) is 1. The van der Waals surface area contributed by atoms with Crippen molar-refractivity contribution in [3.63, 3.8) is 0 Å². The molecule has 1 saturated heterocycles. The van der Waals surface area contributed by atoms with Gasteiger partial charge in [0.1, 0.15) is 5.92 Å². The van der Waals surface area contributed by atoms with Crippen molar-refractivity contribution in [2.45, 2.75) is 25.6 Å². The lowest BCUT2D eigenvalue weighted by Gasteiger charge is -2.55. The van der Waals surface area contributed by atoms with Gasteiger partial charge in [0.15, 0.2) is 22.3 Å². The zero-order valence-corrected chi connectivity index (χ0v) is 14.4. The maximum Gasteiger partial charge on any atom is 0.317 e. The standard InChI is InChI=1S/C16H20N2O4S/c1-5-18-15(23)17-12-9-7-6-8-10(20-3)13(9)22-16(18,2)11(12)14(19)21-4/h6-8,11-12H,5H2,1-4H3,(H,17,23)/t11-,12-,16-/m0/s1. The van der Waals surface area contributed by atoms with Gasteiger partial charge in [-0.25, -0.2) is 0 Å². The third-order valence-corrected chi connectivity index (χ3v) is 4.95. The van der Waals surface area contributed by atoms with E-state index in [1.165, 1.54) is 7.11 Å². The minimum Gasteiger partial charge on any atom is -0.493 e. The zero-order chi connectivity index (χ0) is 16.8. The molecule has 0 aliphatic carbocycles. The van der Waals surface area contributed by atoms with E-state index in [2.05, 4.69) is 5.32 Å². The third kappa shape index (κ3) is 2.14. The largest absolute Gasteiger partial charge is 0.493 e. The maximum absolute atomic E-state index is 12.5. The Kier molecular flexibility index (Phi) is 3.83. The highest BCUT2D eigenvalue weighted by Gasteiger charge is 2.59. The summed E-state index contributed by atoms with van der Waals surface area (Å²) in [7, 11) is 2.98. The molecule has 0 unspecified atom stereocenters. The predicted molar refractivity (Wildman–Crippen MR) is 88.4 cm³/mol. The number of esters is 1. The number of methoxy groups -OCH3 is 2. The molecule has 1 aromatic rings. The minimum absolute atomic E-state index is 0.318. The zero-order valence-electron chi connectivity index (χ0n) is 13.6. The lowest BCUT2D eigenvalue weighted by molar-refractivity contribution is -0.172. The number of rotatable bonds is 3. The fourth-order valence-corrected chi connectivity index (χ4v) is 3.98. The number of hydrogen-bond donors (Lipinski definition) is 1. The monoisotopic (exact) mass is 336 g/mol. The first-order chi connectivity index (χ1) is 11.0. The molecule has 0 aromatic heterocycles. The van der Waals surface area contributed by atoms with Crippen LogP contribution in [0.2, 0.25) is 0 Å². The van der Waals surface area contributed by atoms with Gasteiger partial charge in [0, 0.05) is 12.1 Å². The first kappa shape index (κ1) is 15.9. The van der Waals surface area contributed by atoms with Gasteiger partial charge < -0.3 is 24.4 Å². The number of nitrogens with zero attached hydrogens (tertiary/aromatic N) is 1. The summed E-state index contributed by atoms with van der Waals surface area (Å²) < 4.78 is 16.7. The van der Waals surface area contributed by atoms with E-state index in [1.807, 2.05) is 36.9 Å². The summed E-state index contributed by atoms with van der Waals surface area (Å²) >= 11 is 5.47. The molecule has 1 aromatic carbocycles. The van der Waals surface area contributed by atoms with E-state index in [4.69, 9.17) is 26.4 Å². The fourth-order valence-electron chi connectivity index (χ4n) is 3.54. The van der Waals surface area contributed by atoms with Crippen LogP contribution in [0.1, 0.15) is 25.5 Å². The molecule has 0 radical (unpaired) electrons. The lowest BCUT2D eigenvalue weighted by atomic mass is 9.79. The Balaban J connectivity index is 2.21. The molecule has 0 saturated carbocycles. The molecule has 2 aliphatic heterocycles. The lowest BCUT2D eigenvalue weighted by Crippen LogP contribution is -2.71. The van der Waals surface area contributed by atoms with E-state index in [9.17, 15) is 4.79 Å². The van der Waals surface area contributed by atoms with Crippen molar-refractivity contribution in [2.24, 2.45) is 5.92 Å². The molecule has 3 rings (SSSR count). The summed E-state index contributed by atoms with van der Waals surface area (Å²) in [6.07, 6.45) is 0. The topological polar surface area (TPSA) is 60.0 Å². The van der Waals surface area contributed by atoms with Gasteiger partial charge in [0.25, 0.3) is 0 Å². The molecular weight excluding hydrogens is 316 g/mol. The number of benzene rings is 1. The molecule has 2 bridgehead atoms. The van der Waals surface area contributed by atoms with Gasteiger partial charge in [0.05, 0.1) is 20.3 Å². The molecule has 6 nitrogen and oxygen atoms in total. The Morgan fingerprint density at radius 1 is 1.48 bits per heavy atom. The highest BCUT2D eigenvalue weighted by molar-refractivity contribution is 7.80. The minimum atomic E-state index is -0.934. The second kappa shape index (κ2) is 5.56. The van der Waals surface area contributed by atoms with Crippen molar-refractivity contribution >= 4 is 23.3 Å². The Labute approximate surface area is 140 Å². The van der Waals surface area contributed by atoms with Gasteiger partial charge in [-0.2, -0.15) is 0 Å². The second-order valence-electron chi connectivity index (χ2n) is 5.71.